The third-order valence-corrected chi connectivity index (χ3v) is 3.09. The predicted octanol–water partition coefficient (Wildman–Crippen LogP) is 2.13. The highest BCUT2D eigenvalue weighted by Gasteiger charge is 2.45. The molecule has 76 valence electrons. The molecule has 0 aromatic heterocycles. The van der Waals surface area contributed by atoms with Crippen molar-refractivity contribution < 1.29 is 13.9 Å². The molecule has 1 atom stereocenters. The summed E-state index contributed by atoms with van der Waals surface area (Å²) in [6.07, 6.45) is -1.50. The number of hydrogen-bond acceptors (Lipinski definition) is 1. The minimum absolute atomic E-state index is 0.348. The second-order valence-corrected chi connectivity index (χ2v) is 3.77. The van der Waals surface area contributed by atoms with Gasteiger partial charge >= 0.3 is 0 Å². The molecule has 0 fully saturated rings. The Kier molecular flexibility index (Phi) is 2.27. The van der Waals surface area contributed by atoms with Gasteiger partial charge in [0.2, 0.25) is 6.43 Å². The Morgan fingerprint density at radius 3 is 2.71 bits per heavy atom. The van der Waals surface area contributed by atoms with Gasteiger partial charge in [-0.15, -0.1) is 0 Å². The number of halogens is 2. The maximum atomic E-state index is 12.9. The molecule has 0 bridgehead atoms. The van der Waals surface area contributed by atoms with Crippen LogP contribution in [0.4, 0.5) is 8.78 Å². The molecule has 1 N–H and O–H groups in total. The van der Waals surface area contributed by atoms with Crippen molar-refractivity contribution in [2.45, 2.75) is 24.7 Å². The first-order valence-electron chi connectivity index (χ1n) is 4.68. The van der Waals surface area contributed by atoms with Crippen LogP contribution in [-0.4, -0.2) is 18.1 Å². The van der Waals surface area contributed by atoms with E-state index in [1.807, 2.05) is 12.1 Å². The van der Waals surface area contributed by atoms with Gasteiger partial charge in [0.05, 0.1) is 12.0 Å². The molecule has 14 heavy (non-hydrogen) atoms. The molecule has 1 aromatic rings. The maximum absolute atomic E-state index is 12.9. The average Bonchev–Trinajstić information content (AvgIpc) is 2.57. The van der Waals surface area contributed by atoms with Gasteiger partial charge in [-0.1, -0.05) is 24.3 Å². The quantitative estimate of drug-likeness (QED) is 0.771. The van der Waals surface area contributed by atoms with Crippen LogP contribution in [0.1, 0.15) is 17.5 Å². The van der Waals surface area contributed by atoms with E-state index in [0.717, 1.165) is 5.56 Å². The standard InChI is InChI=1S/C11H12F2O/c12-10(13)11(7-14)6-5-8-3-1-2-4-9(8)11/h1-4,10,14H,5-7H2. The maximum Gasteiger partial charge on any atom is 0.250 e. The summed E-state index contributed by atoms with van der Waals surface area (Å²) in [5, 5.41) is 9.15. The van der Waals surface area contributed by atoms with E-state index in [-0.39, 0.29) is 0 Å². The molecular formula is C11H12F2O. The summed E-state index contributed by atoms with van der Waals surface area (Å²) in [6.45, 7) is -0.471. The number of hydrogen-bond donors (Lipinski definition) is 1. The summed E-state index contributed by atoms with van der Waals surface area (Å²) in [4.78, 5) is 0. The predicted molar refractivity (Wildman–Crippen MR) is 49.5 cm³/mol. The molecule has 0 heterocycles. The first kappa shape index (κ1) is 9.59. The van der Waals surface area contributed by atoms with E-state index in [4.69, 9.17) is 5.11 Å². The fraction of sp³-hybridized carbons (Fsp3) is 0.455. The van der Waals surface area contributed by atoms with Crippen LogP contribution in [0.15, 0.2) is 24.3 Å². The lowest BCUT2D eigenvalue weighted by molar-refractivity contribution is 0.0130. The minimum atomic E-state index is -2.49. The number of aliphatic hydroxyl groups excluding tert-OH is 1. The number of benzene rings is 1. The van der Waals surface area contributed by atoms with Crippen molar-refractivity contribution in [3.8, 4) is 0 Å². The Bertz CT molecular complexity index is 338. The lowest BCUT2D eigenvalue weighted by atomic mass is 9.83. The lowest BCUT2D eigenvalue weighted by Crippen LogP contribution is -2.35. The fourth-order valence-electron chi connectivity index (χ4n) is 2.18. The van der Waals surface area contributed by atoms with Gasteiger partial charge in [0.25, 0.3) is 0 Å². The monoisotopic (exact) mass is 198 g/mol. The summed E-state index contributed by atoms with van der Waals surface area (Å²) in [7, 11) is 0. The van der Waals surface area contributed by atoms with Gasteiger partial charge < -0.3 is 5.11 Å². The van der Waals surface area contributed by atoms with Gasteiger partial charge in [-0.2, -0.15) is 0 Å². The van der Waals surface area contributed by atoms with E-state index >= 15 is 0 Å². The molecule has 1 aromatic carbocycles. The highest BCUT2D eigenvalue weighted by molar-refractivity contribution is 5.40. The molecule has 0 radical (unpaired) electrons. The van der Waals surface area contributed by atoms with E-state index in [1.54, 1.807) is 12.1 Å². The number of aliphatic hydroxyl groups is 1. The lowest BCUT2D eigenvalue weighted by Gasteiger charge is -2.26. The molecule has 1 aliphatic carbocycles. The van der Waals surface area contributed by atoms with Crippen LogP contribution in [0.3, 0.4) is 0 Å². The van der Waals surface area contributed by atoms with Gasteiger partial charge in [0.1, 0.15) is 0 Å². The molecule has 2 rings (SSSR count). The van der Waals surface area contributed by atoms with Crippen LogP contribution < -0.4 is 0 Å². The molecule has 3 heteroatoms. The van der Waals surface area contributed by atoms with Crippen LogP contribution >= 0.6 is 0 Å². The molecule has 0 saturated carbocycles. The first-order valence-corrected chi connectivity index (χ1v) is 4.68. The van der Waals surface area contributed by atoms with Crippen molar-refractivity contribution in [3.05, 3.63) is 35.4 Å². The largest absolute Gasteiger partial charge is 0.395 e. The normalized spacial score (nSPS) is 25.4. The minimum Gasteiger partial charge on any atom is -0.395 e. The summed E-state index contributed by atoms with van der Waals surface area (Å²) in [5.41, 5.74) is 0.260. The molecule has 0 saturated heterocycles. The summed E-state index contributed by atoms with van der Waals surface area (Å²) in [5.74, 6) is 0. The van der Waals surface area contributed by atoms with Gasteiger partial charge in [0, 0.05) is 0 Å². The molecule has 0 aliphatic heterocycles. The van der Waals surface area contributed by atoms with Crippen LogP contribution in [-0.2, 0) is 11.8 Å². The van der Waals surface area contributed by atoms with Gasteiger partial charge in [0.15, 0.2) is 0 Å². The zero-order valence-corrected chi connectivity index (χ0v) is 7.71. The van der Waals surface area contributed by atoms with Crippen molar-refractivity contribution in [2.24, 2.45) is 0 Å². The summed E-state index contributed by atoms with van der Waals surface area (Å²) < 4.78 is 25.8. The highest BCUT2D eigenvalue weighted by Crippen LogP contribution is 2.42. The zero-order chi connectivity index (χ0) is 10.2. The topological polar surface area (TPSA) is 20.2 Å². The molecule has 0 amide bonds. The Labute approximate surface area is 81.4 Å². The van der Waals surface area contributed by atoms with Crippen molar-refractivity contribution in [3.63, 3.8) is 0 Å². The van der Waals surface area contributed by atoms with Crippen molar-refractivity contribution >= 4 is 0 Å². The molecular weight excluding hydrogens is 186 g/mol. The van der Waals surface area contributed by atoms with Gasteiger partial charge in [-0.05, 0) is 24.0 Å². The number of fused-ring (bicyclic) bond motifs is 1. The third kappa shape index (κ3) is 1.16. The van der Waals surface area contributed by atoms with E-state index in [2.05, 4.69) is 0 Å². The van der Waals surface area contributed by atoms with Crippen molar-refractivity contribution in [2.75, 3.05) is 6.61 Å². The van der Waals surface area contributed by atoms with E-state index < -0.39 is 18.4 Å². The summed E-state index contributed by atoms with van der Waals surface area (Å²) >= 11 is 0. The van der Waals surface area contributed by atoms with E-state index in [0.29, 0.717) is 18.4 Å². The first-order chi connectivity index (χ1) is 6.70. The SMILES string of the molecule is OCC1(C(F)F)CCc2ccccc21. The Morgan fingerprint density at radius 2 is 2.07 bits per heavy atom. The zero-order valence-electron chi connectivity index (χ0n) is 7.71. The van der Waals surface area contributed by atoms with Gasteiger partial charge in [-0.3, -0.25) is 0 Å². The molecule has 1 nitrogen and oxygen atoms in total. The van der Waals surface area contributed by atoms with Crippen molar-refractivity contribution in [1.29, 1.82) is 0 Å². The second-order valence-electron chi connectivity index (χ2n) is 3.77. The smallest absolute Gasteiger partial charge is 0.250 e. The molecule has 1 unspecified atom stereocenters. The van der Waals surface area contributed by atoms with Crippen LogP contribution in [0, 0.1) is 0 Å². The van der Waals surface area contributed by atoms with Crippen LogP contribution in [0.5, 0.6) is 0 Å². The highest BCUT2D eigenvalue weighted by atomic mass is 19.3. The van der Waals surface area contributed by atoms with E-state index in [9.17, 15) is 8.78 Å². The Morgan fingerprint density at radius 1 is 1.36 bits per heavy atom. The fourth-order valence-corrected chi connectivity index (χ4v) is 2.18. The second kappa shape index (κ2) is 3.31. The number of aryl methyl sites for hydroxylation is 1. The van der Waals surface area contributed by atoms with Crippen LogP contribution in [0.2, 0.25) is 0 Å². The Hall–Kier alpha value is -0.960. The van der Waals surface area contributed by atoms with E-state index in [1.165, 1.54) is 0 Å². The molecule has 1 aliphatic rings. The number of rotatable bonds is 2. The van der Waals surface area contributed by atoms with Gasteiger partial charge in [-0.25, -0.2) is 8.78 Å². The van der Waals surface area contributed by atoms with Crippen molar-refractivity contribution in [1.82, 2.24) is 0 Å². The Balaban J connectivity index is 2.50. The summed E-state index contributed by atoms with van der Waals surface area (Å²) in [6, 6.07) is 7.15. The average molecular weight is 198 g/mol. The van der Waals surface area contributed by atoms with Crippen LogP contribution in [0.25, 0.3) is 0 Å². The molecule has 0 spiro atoms. The number of alkyl halides is 2. The third-order valence-electron chi connectivity index (χ3n) is 3.09.